The first-order chi connectivity index (χ1) is 14.7. The number of hydrogen-bond donors (Lipinski definition) is 3. The third-order valence-corrected chi connectivity index (χ3v) is 5.52. The minimum atomic E-state index is -1.12. The number of carbonyl (C=O) groups is 3. The lowest BCUT2D eigenvalue weighted by atomic mass is 9.95. The fraction of sp³-hybridized carbons (Fsp3) is 0.348. The monoisotopic (exact) mass is 444 g/mol. The Kier molecular flexibility index (Phi) is 8.65. The molecule has 0 unspecified atom stereocenters. The number of nitrogens with one attached hydrogen (secondary N) is 2. The van der Waals surface area contributed by atoms with Gasteiger partial charge in [0.2, 0.25) is 5.91 Å². The molecule has 0 fully saturated rings. The Morgan fingerprint density at radius 2 is 1.81 bits per heavy atom. The van der Waals surface area contributed by atoms with Crippen LogP contribution in [0.1, 0.15) is 36.7 Å². The van der Waals surface area contributed by atoms with Gasteiger partial charge in [0.15, 0.2) is 6.04 Å². The molecule has 0 spiro atoms. The van der Waals surface area contributed by atoms with Crippen LogP contribution in [0.15, 0.2) is 53.4 Å². The molecule has 7 nitrogen and oxygen atoms in total. The highest BCUT2D eigenvalue weighted by atomic mass is 32.2. The highest BCUT2D eigenvalue weighted by Gasteiger charge is 2.22. The van der Waals surface area contributed by atoms with Crippen molar-refractivity contribution in [1.82, 2.24) is 5.32 Å². The molecule has 0 heterocycles. The summed E-state index contributed by atoms with van der Waals surface area (Å²) in [4.78, 5) is 37.3. The molecule has 2 aromatic rings. The van der Waals surface area contributed by atoms with Gasteiger partial charge in [-0.15, -0.1) is 11.8 Å². The summed E-state index contributed by atoms with van der Waals surface area (Å²) in [5.74, 6) is -0.682. The predicted octanol–water partition coefficient (Wildman–Crippen LogP) is 3.23. The number of methoxy groups -OCH3 is 1. The topological polar surface area (TPSA) is 105 Å². The summed E-state index contributed by atoms with van der Waals surface area (Å²) in [7, 11) is 1.19. The Hall–Kier alpha value is -2.84. The Morgan fingerprint density at radius 3 is 2.45 bits per heavy atom. The molecule has 0 bridgehead atoms. The molecule has 0 saturated heterocycles. The summed E-state index contributed by atoms with van der Waals surface area (Å²) < 4.78 is 4.56. The molecule has 2 aromatic carbocycles. The number of thioether (sulfide) groups is 1. The van der Waals surface area contributed by atoms with E-state index in [2.05, 4.69) is 15.4 Å². The third kappa shape index (κ3) is 7.11. The maximum Gasteiger partial charge on any atom is 0.330 e. The maximum atomic E-state index is 12.4. The summed E-state index contributed by atoms with van der Waals surface area (Å²) in [6.07, 6.45) is 0. The lowest BCUT2D eigenvalue weighted by Crippen LogP contribution is -2.44. The van der Waals surface area contributed by atoms with Crippen LogP contribution in [0.5, 0.6) is 0 Å². The molecule has 0 aliphatic heterocycles. The fourth-order valence-electron chi connectivity index (χ4n) is 2.53. The molecule has 0 aromatic heterocycles. The van der Waals surface area contributed by atoms with Crippen LogP contribution in [-0.2, 0) is 20.1 Å². The van der Waals surface area contributed by atoms with Gasteiger partial charge < -0.3 is 20.5 Å². The van der Waals surface area contributed by atoms with E-state index in [-0.39, 0.29) is 5.91 Å². The number of amides is 2. The van der Waals surface area contributed by atoms with Gasteiger partial charge >= 0.3 is 5.97 Å². The quantitative estimate of drug-likeness (QED) is 0.427. The van der Waals surface area contributed by atoms with Crippen LogP contribution in [0.25, 0.3) is 0 Å². The van der Waals surface area contributed by atoms with Gasteiger partial charge in [0.25, 0.3) is 5.91 Å². The zero-order valence-corrected chi connectivity index (χ0v) is 18.9. The minimum absolute atomic E-state index is 0.0664. The highest BCUT2D eigenvalue weighted by molar-refractivity contribution is 7.98. The zero-order chi connectivity index (χ0) is 23.0. The molecular weight excluding hydrogens is 416 g/mol. The van der Waals surface area contributed by atoms with Crippen LogP contribution < -0.4 is 10.6 Å². The van der Waals surface area contributed by atoms with Crippen LogP contribution in [-0.4, -0.2) is 42.6 Å². The highest BCUT2D eigenvalue weighted by Crippen LogP contribution is 2.31. The average molecular weight is 445 g/mol. The van der Waals surface area contributed by atoms with E-state index in [0.717, 1.165) is 16.1 Å². The minimum Gasteiger partial charge on any atom is -0.467 e. The van der Waals surface area contributed by atoms with Crippen LogP contribution in [0.4, 0.5) is 5.69 Å². The molecule has 0 aliphatic rings. The number of hydrogen-bond acceptors (Lipinski definition) is 6. The van der Waals surface area contributed by atoms with Crippen molar-refractivity contribution >= 4 is 35.2 Å². The molecule has 166 valence electrons. The van der Waals surface area contributed by atoms with Crippen molar-refractivity contribution in [3.05, 3.63) is 59.7 Å². The first-order valence-corrected chi connectivity index (χ1v) is 10.8. The molecular formula is C23H28N2O5S. The van der Waals surface area contributed by atoms with E-state index < -0.39 is 29.9 Å². The molecule has 31 heavy (non-hydrogen) atoms. The summed E-state index contributed by atoms with van der Waals surface area (Å²) >= 11 is 1.54. The van der Waals surface area contributed by atoms with Crippen LogP contribution in [0.2, 0.25) is 0 Å². The van der Waals surface area contributed by atoms with Crippen molar-refractivity contribution in [3.8, 4) is 0 Å². The molecule has 0 radical (unpaired) electrons. The van der Waals surface area contributed by atoms with Gasteiger partial charge in [-0.05, 0) is 29.8 Å². The van der Waals surface area contributed by atoms with E-state index in [1.54, 1.807) is 18.2 Å². The van der Waals surface area contributed by atoms with Crippen molar-refractivity contribution in [2.75, 3.05) is 19.0 Å². The van der Waals surface area contributed by atoms with Gasteiger partial charge in [-0.3, -0.25) is 9.59 Å². The smallest absolute Gasteiger partial charge is 0.330 e. The van der Waals surface area contributed by atoms with Crippen molar-refractivity contribution in [1.29, 1.82) is 0 Å². The van der Waals surface area contributed by atoms with Gasteiger partial charge in [-0.25, -0.2) is 4.79 Å². The Morgan fingerprint density at radius 1 is 1.10 bits per heavy atom. The van der Waals surface area contributed by atoms with E-state index in [4.69, 9.17) is 0 Å². The number of aliphatic hydroxyl groups excluding tert-OH is 1. The summed E-state index contributed by atoms with van der Waals surface area (Å²) in [6.45, 7) is 5.02. The lowest BCUT2D eigenvalue weighted by Gasteiger charge is -2.19. The number of carbonyl (C=O) groups excluding carboxylic acids is 3. The summed E-state index contributed by atoms with van der Waals surface area (Å²) in [5.41, 5.74) is 1.50. The Balaban J connectivity index is 2.08. The number of benzene rings is 2. The first-order valence-electron chi connectivity index (χ1n) is 9.77. The molecule has 0 saturated carbocycles. The Bertz CT molecular complexity index is 940. The fourth-order valence-corrected chi connectivity index (χ4v) is 3.48. The van der Waals surface area contributed by atoms with Crippen molar-refractivity contribution in [2.24, 2.45) is 5.41 Å². The van der Waals surface area contributed by atoms with E-state index in [1.165, 1.54) is 18.9 Å². The number of anilines is 1. The number of para-hydroxylation sites is 1. The molecule has 2 amide bonds. The standard InChI is InChI=1S/C23H28N2O5S/c1-23(2,3)22(29)25-17-10-5-6-11-19(17)31-14-15-8-7-9-16(12-15)20(27)24-18(13-26)21(28)30-4/h5-12,18,26H,13-14H2,1-4H3,(H,24,27)(H,25,29)/t18-/m0/s1. The number of ether oxygens (including phenoxy) is 1. The predicted molar refractivity (Wildman–Crippen MR) is 121 cm³/mol. The third-order valence-electron chi connectivity index (χ3n) is 4.37. The van der Waals surface area contributed by atoms with E-state index in [9.17, 15) is 19.5 Å². The van der Waals surface area contributed by atoms with Crippen LogP contribution in [0.3, 0.4) is 0 Å². The summed E-state index contributed by atoms with van der Waals surface area (Å²) in [5, 5.41) is 14.7. The summed E-state index contributed by atoms with van der Waals surface area (Å²) in [6, 6.07) is 13.5. The second-order valence-corrected chi connectivity index (χ2v) is 8.94. The largest absolute Gasteiger partial charge is 0.467 e. The van der Waals surface area contributed by atoms with Crippen molar-refractivity contribution in [2.45, 2.75) is 37.5 Å². The van der Waals surface area contributed by atoms with Crippen molar-refractivity contribution in [3.63, 3.8) is 0 Å². The van der Waals surface area contributed by atoms with E-state index in [1.807, 2.05) is 51.1 Å². The van der Waals surface area contributed by atoms with Gasteiger partial charge in [0.1, 0.15) is 0 Å². The first kappa shape index (κ1) is 24.4. The molecule has 0 aliphatic carbocycles. The van der Waals surface area contributed by atoms with E-state index in [0.29, 0.717) is 11.3 Å². The Labute approximate surface area is 186 Å². The number of aliphatic hydroxyl groups is 1. The van der Waals surface area contributed by atoms with Crippen molar-refractivity contribution < 1.29 is 24.2 Å². The molecule has 2 rings (SSSR count). The van der Waals surface area contributed by atoms with Gasteiger partial charge in [0.05, 0.1) is 19.4 Å². The second-order valence-electron chi connectivity index (χ2n) is 7.92. The molecule has 8 heteroatoms. The van der Waals surface area contributed by atoms with Gasteiger partial charge in [-0.2, -0.15) is 0 Å². The number of esters is 1. The molecule has 1 atom stereocenters. The van der Waals surface area contributed by atoms with Gasteiger partial charge in [0, 0.05) is 21.6 Å². The van der Waals surface area contributed by atoms with Gasteiger partial charge in [-0.1, -0.05) is 45.0 Å². The lowest BCUT2D eigenvalue weighted by molar-refractivity contribution is -0.143. The second kappa shape index (κ2) is 11.0. The SMILES string of the molecule is COC(=O)[C@H](CO)NC(=O)c1cccc(CSc2ccccc2NC(=O)C(C)(C)C)c1. The normalized spacial score (nSPS) is 12.0. The zero-order valence-electron chi connectivity index (χ0n) is 18.1. The maximum absolute atomic E-state index is 12.4. The van der Waals surface area contributed by atoms with E-state index >= 15 is 0 Å². The van der Waals surface area contributed by atoms with Crippen LogP contribution in [0, 0.1) is 5.41 Å². The van der Waals surface area contributed by atoms with Crippen LogP contribution >= 0.6 is 11.8 Å². The number of rotatable bonds is 8. The average Bonchev–Trinajstić information content (AvgIpc) is 2.75. The molecule has 3 N–H and O–H groups in total.